The molecule has 1 amide bonds. The van der Waals surface area contributed by atoms with Crippen LogP contribution in [0.1, 0.15) is 47.0 Å². The van der Waals surface area contributed by atoms with Gasteiger partial charge < -0.3 is 11.1 Å². The van der Waals surface area contributed by atoms with Crippen molar-refractivity contribution < 1.29 is 4.79 Å². The van der Waals surface area contributed by atoms with Gasteiger partial charge in [0.2, 0.25) is 5.91 Å². The molecule has 0 radical (unpaired) electrons. The van der Waals surface area contributed by atoms with Crippen molar-refractivity contribution in [2.75, 3.05) is 6.54 Å². The van der Waals surface area contributed by atoms with E-state index in [4.69, 9.17) is 5.73 Å². The summed E-state index contributed by atoms with van der Waals surface area (Å²) in [6.45, 7) is 9.46. The van der Waals surface area contributed by atoms with Crippen molar-refractivity contribution in [3.8, 4) is 0 Å². The first-order valence-corrected chi connectivity index (χ1v) is 6.35. The summed E-state index contributed by atoms with van der Waals surface area (Å²) < 4.78 is 0. The van der Waals surface area contributed by atoms with Crippen molar-refractivity contribution in [2.24, 2.45) is 23.0 Å². The van der Waals surface area contributed by atoms with Crippen molar-refractivity contribution in [3.63, 3.8) is 0 Å². The molecule has 16 heavy (non-hydrogen) atoms. The molecule has 94 valence electrons. The van der Waals surface area contributed by atoms with Crippen LogP contribution in [0.3, 0.4) is 0 Å². The Bertz CT molecular complexity index is 244. The minimum absolute atomic E-state index is 0.0714. The zero-order valence-electron chi connectivity index (χ0n) is 11.0. The molecule has 0 spiro atoms. The third kappa shape index (κ3) is 4.12. The predicted molar refractivity (Wildman–Crippen MR) is 66.9 cm³/mol. The Labute approximate surface area is 99.2 Å². The second kappa shape index (κ2) is 5.17. The van der Waals surface area contributed by atoms with E-state index in [1.165, 1.54) is 12.8 Å². The average molecular weight is 226 g/mol. The van der Waals surface area contributed by atoms with Crippen LogP contribution in [0.5, 0.6) is 0 Å². The molecule has 3 heteroatoms. The van der Waals surface area contributed by atoms with Gasteiger partial charge in [0, 0.05) is 19.0 Å². The molecule has 0 aliphatic heterocycles. The van der Waals surface area contributed by atoms with Crippen molar-refractivity contribution in [3.05, 3.63) is 0 Å². The zero-order chi connectivity index (χ0) is 12.3. The number of hydrogen-bond donors (Lipinski definition) is 2. The van der Waals surface area contributed by atoms with Crippen LogP contribution >= 0.6 is 0 Å². The minimum Gasteiger partial charge on any atom is -0.356 e. The molecule has 1 atom stereocenters. The molecule has 0 heterocycles. The number of carbonyl (C=O) groups is 1. The van der Waals surface area contributed by atoms with Crippen LogP contribution in [0.2, 0.25) is 0 Å². The molecule has 0 aromatic carbocycles. The first kappa shape index (κ1) is 13.5. The summed E-state index contributed by atoms with van der Waals surface area (Å²) in [6.07, 6.45) is 2.89. The fraction of sp³-hybridized carbons (Fsp3) is 0.923. The number of nitrogens with two attached hydrogens (primary N) is 1. The van der Waals surface area contributed by atoms with E-state index in [1.54, 1.807) is 0 Å². The van der Waals surface area contributed by atoms with E-state index in [2.05, 4.69) is 33.0 Å². The summed E-state index contributed by atoms with van der Waals surface area (Å²) in [5, 5.41) is 3.00. The summed E-state index contributed by atoms with van der Waals surface area (Å²) in [7, 11) is 0. The Morgan fingerprint density at radius 1 is 1.44 bits per heavy atom. The molecule has 0 bridgehead atoms. The van der Waals surface area contributed by atoms with Crippen LogP contribution in [-0.2, 0) is 4.79 Å². The fourth-order valence-corrected chi connectivity index (χ4v) is 1.51. The summed E-state index contributed by atoms with van der Waals surface area (Å²) in [4.78, 5) is 11.7. The molecule has 1 saturated carbocycles. The molecular weight excluding hydrogens is 200 g/mol. The van der Waals surface area contributed by atoms with Gasteiger partial charge in [0.05, 0.1) is 0 Å². The summed E-state index contributed by atoms with van der Waals surface area (Å²) in [6, 6.07) is 0.0714. The maximum atomic E-state index is 11.7. The average Bonchev–Trinajstić information content (AvgIpc) is 2.97. The SMILES string of the molecule is CC(C)C(C)(C)CNC(=O)CC(N)C1CC1. The Morgan fingerprint density at radius 2 is 2.00 bits per heavy atom. The first-order chi connectivity index (χ1) is 7.33. The van der Waals surface area contributed by atoms with Gasteiger partial charge in [-0.2, -0.15) is 0 Å². The first-order valence-electron chi connectivity index (χ1n) is 6.35. The van der Waals surface area contributed by atoms with Gasteiger partial charge in [0.25, 0.3) is 0 Å². The standard InChI is InChI=1S/C13H26N2O/c1-9(2)13(3,4)8-15-12(16)7-11(14)10-5-6-10/h9-11H,5-8,14H2,1-4H3,(H,15,16). The maximum absolute atomic E-state index is 11.7. The Hall–Kier alpha value is -0.570. The third-order valence-electron chi connectivity index (χ3n) is 3.95. The van der Waals surface area contributed by atoms with Crippen LogP contribution in [0.15, 0.2) is 0 Å². The van der Waals surface area contributed by atoms with Gasteiger partial charge in [-0.3, -0.25) is 4.79 Å². The highest BCUT2D eigenvalue weighted by Gasteiger charge is 2.30. The lowest BCUT2D eigenvalue weighted by Crippen LogP contribution is -2.39. The normalized spacial score (nSPS) is 18.6. The Kier molecular flexibility index (Phi) is 4.36. The van der Waals surface area contributed by atoms with Gasteiger partial charge in [-0.05, 0) is 30.1 Å². The summed E-state index contributed by atoms with van der Waals surface area (Å²) in [5.41, 5.74) is 6.07. The van der Waals surface area contributed by atoms with E-state index in [0.29, 0.717) is 18.3 Å². The molecule has 3 N–H and O–H groups in total. The van der Waals surface area contributed by atoms with Gasteiger partial charge in [0.1, 0.15) is 0 Å². The number of amides is 1. The minimum atomic E-state index is 0.0714. The van der Waals surface area contributed by atoms with Crippen molar-refractivity contribution in [1.29, 1.82) is 0 Å². The molecule has 3 nitrogen and oxygen atoms in total. The number of carbonyl (C=O) groups excluding carboxylic acids is 1. The molecule has 1 rings (SSSR count). The highest BCUT2D eigenvalue weighted by molar-refractivity contribution is 5.76. The van der Waals surface area contributed by atoms with E-state index in [1.807, 2.05) is 0 Å². The molecular formula is C13H26N2O. The van der Waals surface area contributed by atoms with Crippen LogP contribution in [0.25, 0.3) is 0 Å². The molecule has 1 aliphatic rings. The lowest BCUT2D eigenvalue weighted by atomic mass is 9.81. The van der Waals surface area contributed by atoms with Crippen molar-refractivity contribution in [1.82, 2.24) is 5.32 Å². The van der Waals surface area contributed by atoms with Gasteiger partial charge in [-0.15, -0.1) is 0 Å². The second-order valence-electron chi connectivity index (χ2n) is 6.13. The third-order valence-corrected chi connectivity index (χ3v) is 3.95. The predicted octanol–water partition coefficient (Wildman–Crippen LogP) is 1.91. The molecule has 1 fully saturated rings. The van der Waals surface area contributed by atoms with Crippen LogP contribution in [0, 0.1) is 17.3 Å². The number of nitrogens with one attached hydrogen (secondary N) is 1. The lowest BCUT2D eigenvalue weighted by molar-refractivity contribution is -0.122. The highest BCUT2D eigenvalue weighted by atomic mass is 16.1. The summed E-state index contributed by atoms with van der Waals surface area (Å²) >= 11 is 0. The van der Waals surface area contributed by atoms with Gasteiger partial charge in [0.15, 0.2) is 0 Å². The quantitative estimate of drug-likeness (QED) is 0.727. The molecule has 1 unspecified atom stereocenters. The van der Waals surface area contributed by atoms with E-state index in [9.17, 15) is 4.79 Å². The maximum Gasteiger partial charge on any atom is 0.221 e. The largest absolute Gasteiger partial charge is 0.356 e. The number of hydrogen-bond acceptors (Lipinski definition) is 2. The Balaban J connectivity index is 2.23. The smallest absolute Gasteiger partial charge is 0.221 e. The van der Waals surface area contributed by atoms with E-state index >= 15 is 0 Å². The van der Waals surface area contributed by atoms with Gasteiger partial charge >= 0.3 is 0 Å². The van der Waals surface area contributed by atoms with E-state index < -0.39 is 0 Å². The van der Waals surface area contributed by atoms with E-state index in [0.717, 1.165) is 6.54 Å². The topological polar surface area (TPSA) is 55.1 Å². The lowest BCUT2D eigenvalue weighted by Gasteiger charge is -2.29. The van der Waals surface area contributed by atoms with Crippen molar-refractivity contribution in [2.45, 2.75) is 53.0 Å². The van der Waals surface area contributed by atoms with Gasteiger partial charge in [-0.1, -0.05) is 27.7 Å². The molecule has 0 saturated heterocycles. The number of rotatable bonds is 6. The highest BCUT2D eigenvalue weighted by Crippen LogP contribution is 2.32. The Morgan fingerprint density at radius 3 is 2.44 bits per heavy atom. The van der Waals surface area contributed by atoms with Crippen LogP contribution in [-0.4, -0.2) is 18.5 Å². The van der Waals surface area contributed by atoms with Crippen LogP contribution in [0.4, 0.5) is 0 Å². The molecule has 0 aromatic heterocycles. The van der Waals surface area contributed by atoms with Gasteiger partial charge in [-0.25, -0.2) is 0 Å². The van der Waals surface area contributed by atoms with Crippen molar-refractivity contribution >= 4 is 5.91 Å². The second-order valence-corrected chi connectivity index (χ2v) is 6.13. The van der Waals surface area contributed by atoms with Crippen LogP contribution < -0.4 is 11.1 Å². The monoisotopic (exact) mass is 226 g/mol. The molecule has 0 aromatic rings. The zero-order valence-corrected chi connectivity index (χ0v) is 11.0. The van der Waals surface area contributed by atoms with E-state index in [-0.39, 0.29) is 17.4 Å². The molecule has 1 aliphatic carbocycles. The summed E-state index contributed by atoms with van der Waals surface area (Å²) in [5.74, 6) is 1.27. The fourth-order valence-electron chi connectivity index (χ4n) is 1.51.